The number of hydrogen-bond donors (Lipinski definition) is 1. The molecule has 0 spiro atoms. The standard InChI is InChI=1S/C8H11NOS.C2H4O2/c1-7(2)11(10)8-4-3-5-9-6-8;1-2(3)4/h3-7H,1-2H3;1H3,(H,3,4). The van der Waals surface area contributed by atoms with Crippen LogP contribution in [0.1, 0.15) is 20.8 Å². The lowest BCUT2D eigenvalue weighted by Crippen LogP contribution is -2.05. The van der Waals surface area contributed by atoms with Crippen LogP contribution < -0.4 is 0 Å². The largest absolute Gasteiger partial charge is 0.481 e. The summed E-state index contributed by atoms with van der Waals surface area (Å²) in [6.45, 7) is 4.95. The number of hydrogen-bond acceptors (Lipinski definition) is 3. The summed E-state index contributed by atoms with van der Waals surface area (Å²) in [5.74, 6) is -0.833. The molecule has 0 aliphatic rings. The molecule has 0 aromatic carbocycles. The monoisotopic (exact) mass is 229 g/mol. The molecule has 0 saturated heterocycles. The minimum absolute atomic E-state index is 0.166. The van der Waals surface area contributed by atoms with Gasteiger partial charge in [-0.3, -0.25) is 14.0 Å². The predicted molar refractivity (Wildman–Crippen MR) is 59.1 cm³/mol. The second-order valence-electron chi connectivity index (χ2n) is 3.05. The number of aliphatic carboxylic acids is 1. The maximum absolute atomic E-state index is 11.4. The first-order valence-corrected chi connectivity index (χ1v) is 5.66. The third-order valence-electron chi connectivity index (χ3n) is 1.29. The van der Waals surface area contributed by atoms with Gasteiger partial charge in [0.2, 0.25) is 0 Å². The Morgan fingerprint density at radius 2 is 2.07 bits per heavy atom. The molecule has 0 aliphatic heterocycles. The quantitative estimate of drug-likeness (QED) is 0.838. The topological polar surface area (TPSA) is 67.3 Å². The van der Waals surface area contributed by atoms with Crippen LogP contribution >= 0.6 is 0 Å². The average molecular weight is 229 g/mol. The van der Waals surface area contributed by atoms with E-state index in [4.69, 9.17) is 9.90 Å². The van der Waals surface area contributed by atoms with E-state index in [2.05, 4.69) is 4.98 Å². The maximum atomic E-state index is 11.4. The summed E-state index contributed by atoms with van der Waals surface area (Å²) in [6.07, 6.45) is 3.33. The average Bonchev–Trinajstić information content (AvgIpc) is 2.17. The van der Waals surface area contributed by atoms with E-state index < -0.39 is 16.8 Å². The smallest absolute Gasteiger partial charge is 0.300 e. The zero-order valence-corrected chi connectivity index (χ0v) is 9.82. The zero-order valence-electron chi connectivity index (χ0n) is 9.01. The van der Waals surface area contributed by atoms with Crippen LogP contribution in [0.5, 0.6) is 0 Å². The first-order valence-electron chi connectivity index (χ1n) is 4.45. The number of carboxylic acids is 1. The minimum atomic E-state index is -0.898. The van der Waals surface area contributed by atoms with Gasteiger partial charge in [-0.2, -0.15) is 0 Å². The van der Waals surface area contributed by atoms with Gasteiger partial charge < -0.3 is 5.11 Å². The van der Waals surface area contributed by atoms with Crippen molar-refractivity contribution in [2.24, 2.45) is 0 Å². The van der Waals surface area contributed by atoms with Crippen molar-refractivity contribution in [2.75, 3.05) is 0 Å². The lowest BCUT2D eigenvalue weighted by molar-refractivity contribution is -0.134. The van der Waals surface area contributed by atoms with E-state index in [9.17, 15) is 4.21 Å². The second-order valence-corrected chi connectivity index (χ2v) is 5.06. The Kier molecular flexibility index (Phi) is 6.53. The summed E-state index contributed by atoms with van der Waals surface area (Å²) >= 11 is 0. The number of aromatic nitrogens is 1. The van der Waals surface area contributed by atoms with Crippen molar-refractivity contribution in [1.29, 1.82) is 0 Å². The van der Waals surface area contributed by atoms with Crippen LogP contribution in [0.15, 0.2) is 29.4 Å². The molecule has 0 bridgehead atoms. The lowest BCUT2D eigenvalue weighted by Gasteiger charge is -2.02. The van der Waals surface area contributed by atoms with E-state index in [-0.39, 0.29) is 5.25 Å². The van der Waals surface area contributed by atoms with Crippen molar-refractivity contribution in [1.82, 2.24) is 4.98 Å². The Hall–Kier alpha value is -1.23. The SMILES string of the molecule is CC(=O)O.CC(C)S(=O)c1cccnc1. The highest BCUT2D eigenvalue weighted by atomic mass is 32.2. The molecule has 1 aromatic heterocycles. The van der Waals surface area contributed by atoms with Gasteiger partial charge >= 0.3 is 0 Å². The fourth-order valence-corrected chi connectivity index (χ4v) is 1.66. The molecule has 0 saturated carbocycles. The molecule has 15 heavy (non-hydrogen) atoms. The van der Waals surface area contributed by atoms with Gasteiger partial charge in [-0.1, -0.05) is 13.8 Å². The molecule has 0 fully saturated rings. The molecule has 1 atom stereocenters. The Balaban J connectivity index is 0.000000423. The molecule has 1 aromatic rings. The van der Waals surface area contributed by atoms with Crippen LogP contribution in [-0.2, 0) is 15.6 Å². The number of nitrogens with zero attached hydrogens (tertiary/aromatic N) is 1. The Morgan fingerprint density at radius 3 is 2.40 bits per heavy atom. The van der Waals surface area contributed by atoms with Crippen LogP contribution in [0.25, 0.3) is 0 Å². The third-order valence-corrected chi connectivity index (χ3v) is 2.86. The molecule has 1 N–H and O–H groups in total. The normalized spacial score (nSPS) is 11.5. The van der Waals surface area contributed by atoms with Gasteiger partial charge in [0, 0.05) is 24.6 Å². The Bertz CT molecular complexity index is 321. The highest BCUT2D eigenvalue weighted by molar-refractivity contribution is 7.85. The molecule has 84 valence electrons. The van der Waals surface area contributed by atoms with E-state index in [1.807, 2.05) is 19.9 Å². The van der Waals surface area contributed by atoms with E-state index in [0.717, 1.165) is 11.8 Å². The number of pyridine rings is 1. The molecule has 1 rings (SSSR count). The molecule has 0 amide bonds. The van der Waals surface area contributed by atoms with Crippen LogP contribution in [-0.4, -0.2) is 25.5 Å². The molecule has 4 nitrogen and oxygen atoms in total. The van der Waals surface area contributed by atoms with Gasteiger partial charge in [-0.25, -0.2) is 0 Å². The van der Waals surface area contributed by atoms with Gasteiger partial charge in [0.15, 0.2) is 0 Å². The van der Waals surface area contributed by atoms with Crippen LogP contribution in [0.3, 0.4) is 0 Å². The van der Waals surface area contributed by atoms with E-state index in [0.29, 0.717) is 0 Å². The van der Waals surface area contributed by atoms with E-state index >= 15 is 0 Å². The number of carboxylic acid groups (broad SMARTS) is 1. The van der Waals surface area contributed by atoms with Crippen molar-refractivity contribution in [2.45, 2.75) is 30.9 Å². The highest BCUT2D eigenvalue weighted by Crippen LogP contribution is 2.07. The van der Waals surface area contributed by atoms with Crippen molar-refractivity contribution in [3.05, 3.63) is 24.5 Å². The summed E-state index contributed by atoms with van der Waals surface area (Å²) in [4.78, 5) is 13.7. The van der Waals surface area contributed by atoms with Crippen molar-refractivity contribution < 1.29 is 14.1 Å². The molecular formula is C10H15NO3S. The van der Waals surface area contributed by atoms with Gasteiger partial charge in [-0.05, 0) is 12.1 Å². The first-order chi connectivity index (χ1) is 6.95. The van der Waals surface area contributed by atoms with Crippen LogP contribution in [0.4, 0.5) is 0 Å². The van der Waals surface area contributed by atoms with E-state index in [1.165, 1.54) is 0 Å². The molecule has 0 radical (unpaired) electrons. The number of rotatable bonds is 2. The van der Waals surface area contributed by atoms with Crippen LogP contribution in [0, 0.1) is 0 Å². The molecule has 0 aliphatic carbocycles. The molecule has 5 heteroatoms. The van der Waals surface area contributed by atoms with Gasteiger partial charge in [0.1, 0.15) is 0 Å². The third kappa shape index (κ3) is 6.79. The highest BCUT2D eigenvalue weighted by Gasteiger charge is 2.06. The lowest BCUT2D eigenvalue weighted by atomic mass is 10.5. The predicted octanol–water partition coefficient (Wildman–Crippen LogP) is 1.69. The minimum Gasteiger partial charge on any atom is -0.481 e. The first kappa shape index (κ1) is 13.8. The molecular weight excluding hydrogens is 214 g/mol. The fraction of sp³-hybridized carbons (Fsp3) is 0.400. The summed E-state index contributed by atoms with van der Waals surface area (Å²) in [7, 11) is -0.898. The molecule has 1 unspecified atom stereocenters. The Morgan fingerprint density at radius 1 is 1.53 bits per heavy atom. The summed E-state index contributed by atoms with van der Waals surface area (Å²) < 4.78 is 11.4. The summed E-state index contributed by atoms with van der Waals surface area (Å²) in [5, 5.41) is 7.58. The zero-order chi connectivity index (χ0) is 11.8. The molecule has 1 heterocycles. The maximum Gasteiger partial charge on any atom is 0.300 e. The van der Waals surface area contributed by atoms with Crippen LogP contribution in [0.2, 0.25) is 0 Å². The van der Waals surface area contributed by atoms with E-state index in [1.54, 1.807) is 18.5 Å². The summed E-state index contributed by atoms with van der Waals surface area (Å²) in [6, 6.07) is 3.64. The van der Waals surface area contributed by atoms with Gasteiger partial charge in [0.25, 0.3) is 5.97 Å². The second kappa shape index (κ2) is 7.11. The number of carbonyl (C=O) groups is 1. The van der Waals surface area contributed by atoms with Crippen molar-refractivity contribution >= 4 is 16.8 Å². The van der Waals surface area contributed by atoms with Crippen molar-refractivity contribution in [3.8, 4) is 0 Å². The van der Waals surface area contributed by atoms with Gasteiger partial charge in [-0.15, -0.1) is 0 Å². The fourth-order valence-electron chi connectivity index (χ4n) is 0.738. The Labute approximate surface area is 91.8 Å². The van der Waals surface area contributed by atoms with Gasteiger partial charge in [0.05, 0.1) is 15.7 Å². The van der Waals surface area contributed by atoms with Crippen molar-refractivity contribution in [3.63, 3.8) is 0 Å². The summed E-state index contributed by atoms with van der Waals surface area (Å²) in [5.41, 5.74) is 0.